The van der Waals surface area contributed by atoms with Gasteiger partial charge in [-0.05, 0) is 83.5 Å². The zero-order chi connectivity index (χ0) is 51.8. The number of carbonyl (C=O) groups excluding carboxylic acids is 3. The van der Waals surface area contributed by atoms with Gasteiger partial charge in [0.05, 0.1) is 6.61 Å². The summed E-state index contributed by atoms with van der Waals surface area (Å²) in [4.78, 5) is 50.8. The summed E-state index contributed by atoms with van der Waals surface area (Å²) in [6, 6.07) is 0. The van der Waals surface area contributed by atoms with Gasteiger partial charge in [-0.15, -0.1) is 0 Å². The van der Waals surface area contributed by atoms with E-state index in [1.54, 1.807) is 0 Å². The van der Waals surface area contributed by atoms with Crippen LogP contribution in [0.5, 0.6) is 0 Å². The van der Waals surface area contributed by atoms with Gasteiger partial charge < -0.3 is 39.0 Å². The second-order valence-electron chi connectivity index (χ2n) is 17.8. The van der Waals surface area contributed by atoms with Gasteiger partial charge in [-0.2, -0.15) is 0 Å². The van der Waals surface area contributed by atoms with Crippen molar-refractivity contribution >= 4 is 23.9 Å². The Labute approximate surface area is 427 Å². The van der Waals surface area contributed by atoms with Gasteiger partial charge in [-0.3, -0.25) is 14.4 Å². The first-order valence-electron chi connectivity index (χ1n) is 26.9. The lowest BCUT2D eigenvalue weighted by molar-refractivity contribution is -0.301. The Bertz CT molecular complexity index is 1650. The van der Waals surface area contributed by atoms with Crippen LogP contribution in [0, 0.1) is 0 Å². The van der Waals surface area contributed by atoms with E-state index < -0.39 is 67.3 Å². The summed E-state index contributed by atoms with van der Waals surface area (Å²) in [5, 5.41) is 31.3. The molecule has 1 heterocycles. The van der Waals surface area contributed by atoms with Crippen LogP contribution in [0.3, 0.4) is 0 Å². The van der Waals surface area contributed by atoms with Crippen molar-refractivity contribution in [1.82, 2.24) is 0 Å². The molecule has 12 nitrogen and oxygen atoms in total. The van der Waals surface area contributed by atoms with Crippen molar-refractivity contribution < 1.29 is 58.2 Å². The third-order valence-electron chi connectivity index (χ3n) is 11.4. The van der Waals surface area contributed by atoms with E-state index in [9.17, 15) is 34.5 Å². The average molecular weight is 993 g/mol. The molecule has 3 N–H and O–H groups in total. The minimum Gasteiger partial charge on any atom is -0.479 e. The number of ether oxygens (including phenoxy) is 5. The number of carbonyl (C=O) groups is 4. The van der Waals surface area contributed by atoms with E-state index >= 15 is 0 Å². The molecule has 1 saturated heterocycles. The van der Waals surface area contributed by atoms with E-state index in [1.165, 1.54) is 38.5 Å². The maximum absolute atomic E-state index is 13.0. The van der Waals surface area contributed by atoms with Gasteiger partial charge in [0.25, 0.3) is 0 Å². The Hall–Kier alpha value is -4.62. The Kier molecular flexibility index (Phi) is 42.1. The molecule has 6 unspecified atom stereocenters. The molecule has 0 aromatic heterocycles. The molecule has 0 radical (unpaired) electrons. The standard InChI is InChI=1S/C59H92O12/c1-4-7-10-13-16-19-22-24-25-26-27-29-31-33-36-39-42-45-51(60)67-48-50(69-52(61)46-43-40-37-35-32-28-23-20-17-14-11-8-5-2)49-68-59-57(55(64)54(63)56(71-59)58(65)66)70-53(62)47-44-41-38-34-30-21-18-15-12-9-6-3/h7-8,10-11,16-17,19-20,24-25,27-29,32-33,36-37,40,50,54-57,59,63-64H,4-6,9,12-15,18,21-23,26,30-31,34-35,38-39,41-49H2,1-3H3,(H,65,66)/b10-7-,11-8-,19-16-,20-17-,25-24-,29-27-,32-28-,36-33-,40-37-. The van der Waals surface area contributed by atoms with Gasteiger partial charge in [-0.25, -0.2) is 4.79 Å². The van der Waals surface area contributed by atoms with E-state index in [4.69, 9.17) is 23.7 Å². The minimum atomic E-state index is -1.92. The highest BCUT2D eigenvalue weighted by molar-refractivity contribution is 5.74. The van der Waals surface area contributed by atoms with Crippen molar-refractivity contribution in [3.8, 4) is 0 Å². The molecular formula is C59H92O12. The van der Waals surface area contributed by atoms with Crippen molar-refractivity contribution in [2.75, 3.05) is 13.2 Å². The van der Waals surface area contributed by atoms with Gasteiger partial charge in [0.1, 0.15) is 18.8 Å². The second-order valence-corrected chi connectivity index (χ2v) is 17.8. The number of hydrogen-bond acceptors (Lipinski definition) is 11. The summed E-state index contributed by atoms with van der Waals surface area (Å²) < 4.78 is 28.1. The fourth-order valence-electron chi connectivity index (χ4n) is 7.30. The minimum absolute atomic E-state index is 0.0249. The predicted molar refractivity (Wildman–Crippen MR) is 284 cm³/mol. The molecule has 6 atom stereocenters. The maximum atomic E-state index is 13.0. The number of aliphatic hydroxyl groups is 2. The summed E-state index contributed by atoms with van der Waals surface area (Å²) in [7, 11) is 0. The molecule has 400 valence electrons. The van der Waals surface area contributed by atoms with Crippen LogP contribution < -0.4 is 0 Å². The molecule has 0 amide bonds. The lowest BCUT2D eigenvalue weighted by Gasteiger charge is -2.40. The quantitative estimate of drug-likeness (QED) is 0.0229. The molecule has 12 heteroatoms. The fourth-order valence-corrected chi connectivity index (χ4v) is 7.30. The van der Waals surface area contributed by atoms with Crippen LogP contribution in [0.2, 0.25) is 0 Å². The number of rotatable bonds is 43. The van der Waals surface area contributed by atoms with E-state index in [2.05, 4.69) is 99.8 Å². The Morgan fingerprint density at radius 3 is 1.39 bits per heavy atom. The number of esters is 3. The Balaban J connectivity index is 2.81. The van der Waals surface area contributed by atoms with Crippen molar-refractivity contribution in [3.05, 3.63) is 109 Å². The number of hydrogen-bond donors (Lipinski definition) is 3. The van der Waals surface area contributed by atoms with Crippen LogP contribution in [0.4, 0.5) is 0 Å². The summed E-state index contributed by atoms with van der Waals surface area (Å²) >= 11 is 0. The fraction of sp³-hybridized carbons (Fsp3) is 0.627. The third-order valence-corrected chi connectivity index (χ3v) is 11.4. The van der Waals surface area contributed by atoms with Crippen LogP contribution in [0.1, 0.15) is 188 Å². The van der Waals surface area contributed by atoms with Gasteiger partial charge >= 0.3 is 23.9 Å². The monoisotopic (exact) mass is 993 g/mol. The second kappa shape index (κ2) is 46.5. The average Bonchev–Trinajstić information content (AvgIpc) is 3.35. The summed E-state index contributed by atoms with van der Waals surface area (Å²) in [6.07, 6.45) is 49.6. The van der Waals surface area contributed by atoms with E-state index in [1.807, 2.05) is 30.4 Å². The first-order chi connectivity index (χ1) is 34.6. The highest BCUT2D eigenvalue weighted by Gasteiger charge is 2.50. The normalized spacial score (nSPS) is 19.4. The van der Waals surface area contributed by atoms with Crippen molar-refractivity contribution in [2.45, 2.75) is 225 Å². The topological polar surface area (TPSA) is 175 Å². The Morgan fingerprint density at radius 2 is 0.915 bits per heavy atom. The molecule has 0 saturated carbocycles. The van der Waals surface area contributed by atoms with Gasteiger partial charge in [0.15, 0.2) is 24.6 Å². The van der Waals surface area contributed by atoms with E-state index in [0.29, 0.717) is 32.1 Å². The molecule has 0 bridgehead atoms. The lowest BCUT2D eigenvalue weighted by Crippen LogP contribution is -2.61. The highest BCUT2D eigenvalue weighted by atomic mass is 16.7. The largest absolute Gasteiger partial charge is 0.479 e. The Morgan fingerprint density at radius 1 is 0.479 bits per heavy atom. The molecule has 0 aromatic rings. The first kappa shape index (κ1) is 64.4. The molecule has 1 rings (SSSR count). The van der Waals surface area contributed by atoms with Crippen LogP contribution in [-0.2, 0) is 42.9 Å². The van der Waals surface area contributed by atoms with Crippen molar-refractivity contribution in [2.24, 2.45) is 0 Å². The number of carboxylic acids is 1. The zero-order valence-corrected chi connectivity index (χ0v) is 43.7. The van der Waals surface area contributed by atoms with Crippen LogP contribution in [-0.4, -0.2) is 89.2 Å². The lowest BCUT2D eigenvalue weighted by atomic mass is 9.98. The molecule has 1 aliphatic rings. The number of carboxylic acid groups (broad SMARTS) is 1. The molecule has 0 aliphatic carbocycles. The highest BCUT2D eigenvalue weighted by Crippen LogP contribution is 2.26. The number of aliphatic hydroxyl groups excluding tert-OH is 2. The van der Waals surface area contributed by atoms with Crippen molar-refractivity contribution in [1.29, 1.82) is 0 Å². The van der Waals surface area contributed by atoms with E-state index in [-0.39, 0.29) is 25.9 Å². The van der Waals surface area contributed by atoms with Gasteiger partial charge in [0, 0.05) is 19.3 Å². The van der Waals surface area contributed by atoms with E-state index in [0.717, 1.165) is 77.0 Å². The van der Waals surface area contributed by atoms with Crippen LogP contribution in [0.25, 0.3) is 0 Å². The number of aliphatic carboxylic acids is 1. The van der Waals surface area contributed by atoms with Gasteiger partial charge in [-0.1, -0.05) is 194 Å². The SMILES string of the molecule is CC/C=C\C/C=C\C/C=C\C/C=C\C/C=C\CCCC(=O)OCC(COC1OC(C(=O)O)C(O)C(O)C1OC(=O)CCCCCCCCCCCCC)OC(=O)CC/C=C\C/C=C\C/C=C\C/C=C\CC. The summed E-state index contributed by atoms with van der Waals surface area (Å²) in [5.41, 5.74) is 0. The predicted octanol–water partition coefficient (Wildman–Crippen LogP) is 13.1. The van der Waals surface area contributed by atoms with Crippen LogP contribution in [0.15, 0.2) is 109 Å². The van der Waals surface area contributed by atoms with Crippen LogP contribution >= 0.6 is 0 Å². The van der Waals surface area contributed by atoms with Crippen molar-refractivity contribution in [3.63, 3.8) is 0 Å². The third kappa shape index (κ3) is 36.9. The number of allylic oxidation sites excluding steroid dienone is 18. The first-order valence-corrected chi connectivity index (χ1v) is 26.9. The molecule has 0 aromatic carbocycles. The summed E-state index contributed by atoms with van der Waals surface area (Å²) in [6.45, 7) is 5.60. The smallest absolute Gasteiger partial charge is 0.335 e. The maximum Gasteiger partial charge on any atom is 0.335 e. The zero-order valence-electron chi connectivity index (χ0n) is 43.7. The molecule has 0 spiro atoms. The summed E-state index contributed by atoms with van der Waals surface area (Å²) in [5.74, 6) is -3.33. The molecule has 1 aliphatic heterocycles. The molecule has 71 heavy (non-hydrogen) atoms. The number of unbranched alkanes of at least 4 members (excludes halogenated alkanes) is 11. The van der Waals surface area contributed by atoms with Gasteiger partial charge in [0.2, 0.25) is 0 Å². The molecular weight excluding hydrogens is 901 g/mol. The molecule has 1 fully saturated rings.